The Kier molecular flexibility index (Phi) is 4.80. The number of rotatable bonds is 3. The van der Waals surface area contributed by atoms with Gasteiger partial charge in [-0.3, -0.25) is 9.59 Å². The van der Waals surface area contributed by atoms with Crippen molar-refractivity contribution in [3.8, 4) is 0 Å². The number of halogens is 2. The van der Waals surface area contributed by atoms with E-state index in [1.54, 1.807) is 6.07 Å². The fourth-order valence-electron chi connectivity index (χ4n) is 2.40. The van der Waals surface area contributed by atoms with Crippen LogP contribution in [0.4, 0.5) is 14.5 Å². The highest BCUT2D eigenvalue weighted by atomic mass is 32.2. The molecule has 1 atom stereocenters. The summed E-state index contributed by atoms with van der Waals surface area (Å²) >= 11 is 1.44. The Morgan fingerprint density at radius 2 is 1.79 bits per heavy atom. The average molecular weight is 348 g/mol. The van der Waals surface area contributed by atoms with E-state index in [0.717, 1.165) is 0 Å². The molecule has 1 heterocycles. The lowest BCUT2D eigenvalue weighted by Gasteiger charge is -2.23. The van der Waals surface area contributed by atoms with Gasteiger partial charge in [-0.25, -0.2) is 8.78 Å². The maximum atomic E-state index is 13.7. The van der Waals surface area contributed by atoms with Crippen LogP contribution >= 0.6 is 11.8 Å². The summed E-state index contributed by atoms with van der Waals surface area (Å²) < 4.78 is 26.6. The van der Waals surface area contributed by atoms with Gasteiger partial charge in [0.1, 0.15) is 17.7 Å². The minimum absolute atomic E-state index is 0.0774. The van der Waals surface area contributed by atoms with Crippen LogP contribution in [-0.4, -0.2) is 34.4 Å². The van der Waals surface area contributed by atoms with Crippen molar-refractivity contribution in [3.05, 3.63) is 65.7 Å². The molecule has 1 N–H and O–H groups in total. The van der Waals surface area contributed by atoms with Gasteiger partial charge in [-0.15, -0.1) is 11.8 Å². The Bertz CT molecular complexity index is 767. The highest BCUT2D eigenvalue weighted by molar-refractivity contribution is 7.99. The molecule has 0 aromatic heterocycles. The van der Waals surface area contributed by atoms with Crippen LogP contribution in [0.2, 0.25) is 0 Å². The van der Waals surface area contributed by atoms with Crippen molar-refractivity contribution in [2.75, 3.05) is 16.9 Å². The Morgan fingerprint density at radius 1 is 1.08 bits per heavy atom. The van der Waals surface area contributed by atoms with Crippen molar-refractivity contribution in [3.63, 3.8) is 0 Å². The molecule has 0 bridgehead atoms. The van der Waals surface area contributed by atoms with Crippen molar-refractivity contribution < 1.29 is 18.4 Å². The van der Waals surface area contributed by atoms with E-state index < -0.39 is 23.6 Å². The summed E-state index contributed by atoms with van der Waals surface area (Å²) in [4.78, 5) is 26.4. The predicted octanol–water partition coefficient (Wildman–Crippen LogP) is 3.12. The van der Waals surface area contributed by atoms with Crippen molar-refractivity contribution in [1.29, 1.82) is 0 Å². The van der Waals surface area contributed by atoms with Crippen LogP contribution in [0.15, 0.2) is 48.5 Å². The van der Waals surface area contributed by atoms with Gasteiger partial charge in [0.05, 0.1) is 11.6 Å². The molecule has 24 heavy (non-hydrogen) atoms. The monoisotopic (exact) mass is 348 g/mol. The molecule has 124 valence electrons. The van der Waals surface area contributed by atoms with Crippen molar-refractivity contribution in [1.82, 2.24) is 4.90 Å². The molecular weight excluding hydrogens is 334 g/mol. The predicted molar refractivity (Wildman–Crippen MR) is 88.7 cm³/mol. The van der Waals surface area contributed by atoms with Crippen LogP contribution in [-0.2, 0) is 4.79 Å². The minimum Gasteiger partial charge on any atom is -0.322 e. The molecule has 0 spiro atoms. The molecule has 1 fully saturated rings. The van der Waals surface area contributed by atoms with Crippen LogP contribution < -0.4 is 5.32 Å². The zero-order valence-corrected chi connectivity index (χ0v) is 13.4. The molecule has 1 aliphatic rings. The highest BCUT2D eigenvalue weighted by Crippen LogP contribution is 2.25. The van der Waals surface area contributed by atoms with E-state index in [9.17, 15) is 18.4 Å². The lowest BCUT2D eigenvalue weighted by molar-refractivity contribution is -0.119. The minimum atomic E-state index is -0.702. The Labute approximate surface area is 141 Å². The molecule has 1 unspecified atom stereocenters. The van der Waals surface area contributed by atoms with Gasteiger partial charge in [-0.05, 0) is 36.4 Å². The molecule has 2 amide bonds. The summed E-state index contributed by atoms with van der Waals surface area (Å²) in [6.45, 7) is 0. The molecular formula is C17H14F2N2O2S. The number of hydrogen-bond donors (Lipinski definition) is 1. The van der Waals surface area contributed by atoms with Crippen LogP contribution in [0.25, 0.3) is 0 Å². The largest absolute Gasteiger partial charge is 0.322 e. The maximum absolute atomic E-state index is 13.7. The number of para-hydroxylation sites is 1. The van der Waals surface area contributed by atoms with Gasteiger partial charge in [0.2, 0.25) is 5.91 Å². The number of amides is 2. The van der Waals surface area contributed by atoms with Gasteiger partial charge in [0, 0.05) is 11.3 Å². The van der Waals surface area contributed by atoms with Gasteiger partial charge in [0.15, 0.2) is 0 Å². The summed E-state index contributed by atoms with van der Waals surface area (Å²) in [6.07, 6.45) is 0. The van der Waals surface area contributed by atoms with Crippen molar-refractivity contribution in [2.45, 2.75) is 6.04 Å². The number of hydrogen-bond acceptors (Lipinski definition) is 3. The number of carbonyl (C=O) groups excluding carboxylic acids is 2. The van der Waals surface area contributed by atoms with E-state index in [0.29, 0.717) is 17.2 Å². The third-order valence-corrected chi connectivity index (χ3v) is 4.68. The highest BCUT2D eigenvalue weighted by Gasteiger charge is 2.35. The SMILES string of the molecule is O=C(Nc1ccccc1F)C1CSCN1C(=O)c1ccc(F)cc1. The topological polar surface area (TPSA) is 49.4 Å². The second-order valence-electron chi connectivity index (χ2n) is 5.27. The third kappa shape index (κ3) is 3.41. The summed E-state index contributed by atoms with van der Waals surface area (Å²) in [7, 11) is 0. The fraction of sp³-hybridized carbons (Fsp3) is 0.176. The first kappa shape index (κ1) is 16.4. The molecule has 7 heteroatoms. The first-order valence-electron chi connectivity index (χ1n) is 7.26. The smallest absolute Gasteiger partial charge is 0.255 e. The van der Waals surface area contributed by atoms with E-state index in [1.807, 2.05) is 0 Å². The number of benzene rings is 2. The number of thioether (sulfide) groups is 1. The Balaban J connectivity index is 1.75. The van der Waals surface area contributed by atoms with Gasteiger partial charge >= 0.3 is 0 Å². The molecule has 2 aromatic rings. The zero-order chi connectivity index (χ0) is 17.1. The maximum Gasteiger partial charge on any atom is 0.255 e. The lowest BCUT2D eigenvalue weighted by atomic mass is 10.1. The average Bonchev–Trinajstić information content (AvgIpc) is 3.07. The lowest BCUT2D eigenvalue weighted by Crippen LogP contribution is -2.44. The normalized spacial score (nSPS) is 16.9. The number of nitrogens with one attached hydrogen (secondary N) is 1. The molecule has 2 aromatic carbocycles. The molecule has 0 radical (unpaired) electrons. The van der Waals surface area contributed by atoms with Gasteiger partial charge in [-0.2, -0.15) is 0 Å². The molecule has 3 rings (SSSR count). The van der Waals surface area contributed by atoms with E-state index >= 15 is 0 Å². The second kappa shape index (κ2) is 7.00. The zero-order valence-electron chi connectivity index (χ0n) is 12.5. The molecule has 0 aliphatic carbocycles. The van der Waals surface area contributed by atoms with Crippen LogP contribution in [0.5, 0.6) is 0 Å². The number of anilines is 1. The van der Waals surface area contributed by atoms with E-state index in [-0.39, 0.29) is 11.6 Å². The Hall–Kier alpha value is -2.41. The molecule has 0 saturated carbocycles. The van der Waals surface area contributed by atoms with Gasteiger partial charge < -0.3 is 10.2 Å². The van der Waals surface area contributed by atoms with E-state index in [2.05, 4.69) is 5.32 Å². The summed E-state index contributed by atoms with van der Waals surface area (Å²) in [6, 6.07) is 10.3. The van der Waals surface area contributed by atoms with Gasteiger partial charge in [-0.1, -0.05) is 12.1 Å². The van der Waals surface area contributed by atoms with E-state index in [1.165, 1.54) is 59.1 Å². The van der Waals surface area contributed by atoms with Crippen LogP contribution in [0.1, 0.15) is 10.4 Å². The van der Waals surface area contributed by atoms with Crippen LogP contribution in [0, 0.1) is 11.6 Å². The number of nitrogens with zero attached hydrogens (tertiary/aromatic N) is 1. The quantitative estimate of drug-likeness (QED) is 0.927. The number of carbonyl (C=O) groups is 2. The first-order chi connectivity index (χ1) is 11.6. The van der Waals surface area contributed by atoms with Crippen LogP contribution in [0.3, 0.4) is 0 Å². The summed E-state index contributed by atoms with van der Waals surface area (Å²) in [5.74, 6) is -0.989. The fourth-order valence-corrected chi connectivity index (χ4v) is 3.55. The van der Waals surface area contributed by atoms with E-state index in [4.69, 9.17) is 0 Å². The molecule has 1 saturated heterocycles. The molecule has 4 nitrogen and oxygen atoms in total. The van der Waals surface area contributed by atoms with Gasteiger partial charge in [0.25, 0.3) is 5.91 Å². The summed E-state index contributed by atoms with van der Waals surface area (Å²) in [5.41, 5.74) is 0.385. The Morgan fingerprint density at radius 3 is 2.50 bits per heavy atom. The first-order valence-corrected chi connectivity index (χ1v) is 8.41. The second-order valence-corrected chi connectivity index (χ2v) is 6.27. The van der Waals surface area contributed by atoms with Crippen molar-refractivity contribution >= 4 is 29.3 Å². The molecule has 1 aliphatic heterocycles. The van der Waals surface area contributed by atoms with Crippen molar-refractivity contribution in [2.24, 2.45) is 0 Å². The standard InChI is InChI=1S/C17H14F2N2O2S/c18-12-7-5-11(6-8-12)17(23)21-10-24-9-15(21)16(22)20-14-4-2-1-3-13(14)19/h1-8,15H,9-10H2,(H,20,22). The third-order valence-electron chi connectivity index (χ3n) is 3.67. The summed E-state index contributed by atoms with van der Waals surface area (Å²) in [5, 5.41) is 2.52.